The van der Waals surface area contributed by atoms with Gasteiger partial charge < -0.3 is 19.5 Å². The summed E-state index contributed by atoms with van der Waals surface area (Å²) >= 11 is 0. The number of aryl methyl sites for hydroxylation is 1. The number of nitrogens with one attached hydrogen (secondary N) is 1. The maximum Gasteiger partial charge on any atom is 0.268 e. The summed E-state index contributed by atoms with van der Waals surface area (Å²) in [4.78, 5) is 14.4. The van der Waals surface area contributed by atoms with Gasteiger partial charge in [0.2, 0.25) is 0 Å². The van der Waals surface area contributed by atoms with E-state index in [1.807, 2.05) is 49.3 Å². The molecule has 0 saturated carbocycles. The van der Waals surface area contributed by atoms with E-state index in [9.17, 15) is 4.79 Å². The molecule has 24 heavy (non-hydrogen) atoms. The van der Waals surface area contributed by atoms with E-state index in [1.54, 1.807) is 31.0 Å². The number of amides is 1. The minimum Gasteiger partial charge on any atom is -0.496 e. The van der Waals surface area contributed by atoms with Crippen molar-refractivity contribution in [3.05, 3.63) is 53.3 Å². The van der Waals surface area contributed by atoms with E-state index in [1.165, 1.54) is 0 Å². The van der Waals surface area contributed by atoms with Crippen molar-refractivity contribution in [2.24, 2.45) is 7.05 Å². The summed E-state index contributed by atoms with van der Waals surface area (Å²) in [5, 5.41) is 11.9. The predicted molar refractivity (Wildman–Crippen MR) is 91.9 cm³/mol. The SMILES string of the molecule is COc1ccccc1C(CNC(=O)c1cc(C#N)cn1C)N(C)C. The molecule has 1 unspecified atom stereocenters. The monoisotopic (exact) mass is 326 g/mol. The first-order chi connectivity index (χ1) is 11.5. The number of nitriles is 1. The van der Waals surface area contributed by atoms with Gasteiger partial charge in [0, 0.05) is 25.4 Å². The third-order valence-electron chi connectivity index (χ3n) is 3.94. The first-order valence-electron chi connectivity index (χ1n) is 7.62. The van der Waals surface area contributed by atoms with E-state index in [2.05, 4.69) is 5.32 Å². The van der Waals surface area contributed by atoms with Crippen molar-refractivity contribution >= 4 is 5.91 Å². The number of hydrogen-bond acceptors (Lipinski definition) is 4. The third-order valence-corrected chi connectivity index (χ3v) is 3.94. The molecular formula is C18H22N4O2. The average molecular weight is 326 g/mol. The van der Waals surface area contributed by atoms with E-state index < -0.39 is 0 Å². The molecule has 1 heterocycles. The normalized spacial score (nSPS) is 11.8. The van der Waals surface area contributed by atoms with Crippen LogP contribution in [0.15, 0.2) is 36.5 Å². The lowest BCUT2D eigenvalue weighted by Crippen LogP contribution is -2.35. The van der Waals surface area contributed by atoms with E-state index in [-0.39, 0.29) is 11.9 Å². The van der Waals surface area contributed by atoms with Crippen LogP contribution in [-0.4, -0.2) is 43.1 Å². The molecule has 0 radical (unpaired) electrons. The summed E-state index contributed by atoms with van der Waals surface area (Å²) in [6.07, 6.45) is 1.64. The van der Waals surface area contributed by atoms with Crippen LogP contribution < -0.4 is 10.1 Å². The molecule has 0 fully saturated rings. The molecule has 2 aromatic rings. The standard InChI is InChI=1S/C18H22N4O2/c1-21(2)16(14-7-5-6-8-17(14)24-4)11-20-18(23)15-9-13(10-19)12-22(15)3/h5-9,12,16H,11H2,1-4H3,(H,20,23). The zero-order valence-electron chi connectivity index (χ0n) is 14.4. The fraction of sp³-hybridized carbons (Fsp3) is 0.333. The smallest absolute Gasteiger partial charge is 0.268 e. The van der Waals surface area contributed by atoms with Crippen molar-refractivity contribution in [3.8, 4) is 11.8 Å². The largest absolute Gasteiger partial charge is 0.496 e. The summed E-state index contributed by atoms with van der Waals surface area (Å²) in [6.45, 7) is 0.430. The van der Waals surface area contributed by atoms with Crippen LogP contribution in [0.1, 0.15) is 27.7 Å². The van der Waals surface area contributed by atoms with E-state index in [0.29, 0.717) is 17.8 Å². The van der Waals surface area contributed by atoms with Crippen molar-refractivity contribution in [3.63, 3.8) is 0 Å². The maximum absolute atomic E-state index is 12.4. The highest BCUT2D eigenvalue weighted by Gasteiger charge is 2.20. The molecule has 6 nitrogen and oxygen atoms in total. The molecule has 1 N–H and O–H groups in total. The fourth-order valence-corrected chi connectivity index (χ4v) is 2.64. The number of hydrogen-bond donors (Lipinski definition) is 1. The van der Waals surface area contributed by atoms with Crippen LogP contribution in [-0.2, 0) is 7.05 Å². The lowest BCUT2D eigenvalue weighted by atomic mass is 10.0. The molecule has 0 aliphatic rings. The van der Waals surface area contributed by atoms with Gasteiger partial charge in [0.15, 0.2) is 0 Å². The molecule has 1 aromatic carbocycles. The van der Waals surface area contributed by atoms with Crippen molar-refractivity contribution in [2.75, 3.05) is 27.7 Å². The molecular weight excluding hydrogens is 304 g/mol. The molecule has 0 spiro atoms. The molecule has 1 aromatic heterocycles. The summed E-state index contributed by atoms with van der Waals surface area (Å²) in [6, 6.07) is 11.4. The summed E-state index contributed by atoms with van der Waals surface area (Å²) < 4.78 is 7.08. The molecule has 126 valence electrons. The number of rotatable bonds is 6. The second kappa shape index (κ2) is 7.66. The van der Waals surface area contributed by atoms with Crippen LogP contribution in [0.4, 0.5) is 0 Å². The third kappa shape index (κ3) is 3.76. The van der Waals surface area contributed by atoms with Crippen molar-refractivity contribution in [1.82, 2.24) is 14.8 Å². The van der Waals surface area contributed by atoms with Crippen molar-refractivity contribution in [2.45, 2.75) is 6.04 Å². The van der Waals surface area contributed by atoms with E-state index >= 15 is 0 Å². The van der Waals surface area contributed by atoms with Crippen LogP contribution in [0, 0.1) is 11.3 Å². The van der Waals surface area contributed by atoms with Crippen LogP contribution in [0.25, 0.3) is 0 Å². The van der Waals surface area contributed by atoms with Crippen molar-refractivity contribution in [1.29, 1.82) is 5.26 Å². The van der Waals surface area contributed by atoms with Gasteiger partial charge in [-0.2, -0.15) is 5.26 Å². The molecule has 0 bridgehead atoms. The van der Waals surface area contributed by atoms with Gasteiger partial charge in [-0.3, -0.25) is 4.79 Å². The van der Waals surface area contributed by atoms with Gasteiger partial charge in [-0.05, 0) is 26.2 Å². The van der Waals surface area contributed by atoms with Gasteiger partial charge in [-0.25, -0.2) is 0 Å². The Morgan fingerprint density at radius 2 is 2.12 bits per heavy atom. The Hall–Kier alpha value is -2.78. The molecule has 6 heteroatoms. The van der Waals surface area contributed by atoms with Gasteiger partial charge >= 0.3 is 0 Å². The minimum atomic E-state index is -0.208. The topological polar surface area (TPSA) is 70.3 Å². The summed E-state index contributed by atoms with van der Waals surface area (Å²) in [7, 11) is 7.30. The number of methoxy groups -OCH3 is 1. The first kappa shape index (κ1) is 17.6. The average Bonchev–Trinajstić information content (AvgIpc) is 2.96. The molecule has 0 aliphatic carbocycles. The van der Waals surface area contributed by atoms with Crippen LogP contribution in [0.2, 0.25) is 0 Å². The molecule has 1 atom stereocenters. The zero-order valence-corrected chi connectivity index (χ0v) is 14.4. The number of aromatic nitrogens is 1. The molecule has 1 amide bonds. The Bertz CT molecular complexity index is 759. The number of carbonyl (C=O) groups excluding carboxylic acids is 1. The van der Waals surface area contributed by atoms with Crippen LogP contribution in [0.3, 0.4) is 0 Å². The Morgan fingerprint density at radius 1 is 1.42 bits per heavy atom. The van der Waals surface area contributed by atoms with Crippen molar-refractivity contribution < 1.29 is 9.53 Å². The maximum atomic E-state index is 12.4. The Labute approximate surface area is 142 Å². The van der Waals surface area contributed by atoms with Gasteiger partial charge in [0.1, 0.15) is 17.5 Å². The molecule has 2 rings (SSSR count). The summed E-state index contributed by atoms with van der Waals surface area (Å²) in [5.41, 5.74) is 1.94. The lowest BCUT2D eigenvalue weighted by Gasteiger charge is -2.26. The Morgan fingerprint density at radius 3 is 2.71 bits per heavy atom. The quantitative estimate of drug-likeness (QED) is 0.881. The number of carbonyl (C=O) groups is 1. The number of nitrogens with zero attached hydrogens (tertiary/aromatic N) is 3. The fourth-order valence-electron chi connectivity index (χ4n) is 2.64. The van der Waals surface area contributed by atoms with Gasteiger partial charge in [-0.1, -0.05) is 18.2 Å². The number of ether oxygens (including phenoxy) is 1. The lowest BCUT2D eigenvalue weighted by molar-refractivity contribution is 0.0933. The Balaban J connectivity index is 2.16. The zero-order chi connectivity index (χ0) is 17.7. The summed E-state index contributed by atoms with van der Waals surface area (Å²) in [5.74, 6) is 0.580. The Kier molecular flexibility index (Phi) is 5.61. The highest BCUT2D eigenvalue weighted by Crippen LogP contribution is 2.27. The van der Waals surface area contributed by atoms with Gasteiger partial charge in [0.25, 0.3) is 5.91 Å². The minimum absolute atomic E-state index is 0.0270. The van der Waals surface area contributed by atoms with E-state index in [4.69, 9.17) is 10.00 Å². The van der Waals surface area contributed by atoms with Crippen LogP contribution in [0.5, 0.6) is 5.75 Å². The number of para-hydroxylation sites is 1. The first-order valence-corrected chi connectivity index (χ1v) is 7.62. The number of benzene rings is 1. The highest BCUT2D eigenvalue weighted by atomic mass is 16.5. The predicted octanol–water partition coefficient (Wildman–Crippen LogP) is 1.94. The molecule has 0 saturated heterocycles. The van der Waals surface area contributed by atoms with Crippen LogP contribution >= 0.6 is 0 Å². The van der Waals surface area contributed by atoms with E-state index in [0.717, 1.165) is 11.3 Å². The van der Waals surface area contributed by atoms with Gasteiger partial charge in [0.05, 0.1) is 18.7 Å². The highest BCUT2D eigenvalue weighted by molar-refractivity contribution is 5.93. The van der Waals surface area contributed by atoms with Gasteiger partial charge in [-0.15, -0.1) is 0 Å². The molecule has 0 aliphatic heterocycles. The second-order valence-electron chi connectivity index (χ2n) is 5.77. The second-order valence-corrected chi connectivity index (χ2v) is 5.77. The number of likely N-dealkylation sites (N-methyl/N-ethyl adjacent to an activating group) is 1.